The number of halogens is 1. The molecule has 5 aromatic rings. The van der Waals surface area contributed by atoms with Gasteiger partial charge < -0.3 is 38.4 Å². The summed E-state index contributed by atoms with van der Waals surface area (Å²) in [6.45, 7) is 7.94. The molecule has 13 nitrogen and oxygen atoms in total. The van der Waals surface area contributed by atoms with Crippen LogP contribution in [0.3, 0.4) is 0 Å². The molecule has 0 spiro atoms. The summed E-state index contributed by atoms with van der Waals surface area (Å²) in [5.41, 5.74) is 3.83. The molecule has 3 aliphatic heterocycles. The number of aryl methyl sites for hydroxylation is 1. The Morgan fingerprint density at radius 1 is 0.964 bits per heavy atom. The van der Waals surface area contributed by atoms with E-state index in [0.717, 1.165) is 64.1 Å². The molecule has 4 fully saturated rings. The summed E-state index contributed by atoms with van der Waals surface area (Å²) < 4.78 is 19.2. The van der Waals surface area contributed by atoms with Crippen LogP contribution in [0.15, 0.2) is 42.5 Å². The highest BCUT2D eigenvalue weighted by atomic mass is 35.5. The normalized spacial score (nSPS) is 19.7. The number of ether oxygens (including phenoxy) is 3. The molecule has 290 valence electrons. The van der Waals surface area contributed by atoms with Crippen LogP contribution in [0.25, 0.3) is 44.0 Å². The number of carbonyl (C=O) groups is 2. The number of imidazole rings is 1. The number of rotatable bonds is 10. The average Bonchev–Trinajstić information content (AvgIpc) is 3.81. The van der Waals surface area contributed by atoms with Gasteiger partial charge in [-0.15, -0.1) is 0 Å². The van der Waals surface area contributed by atoms with Gasteiger partial charge in [-0.3, -0.25) is 4.79 Å². The number of pyridine rings is 2. The van der Waals surface area contributed by atoms with Gasteiger partial charge in [0.1, 0.15) is 38.9 Å². The van der Waals surface area contributed by atoms with Gasteiger partial charge in [-0.25, -0.2) is 19.7 Å². The van der Waals surface area contributed by atoms with Crippen molar-refractivity contribution in [3.63, 3.8) is 0 Å². The van der Waals surface area contributed by atoms with Crippen molar-refractivity contribution in [1.29, 1.82) is 0 Å². The monoisotopic (exact) mass is 768 g/mol. The van der Waals surface area contributed by atoms with E-state index < -0.39 is 5.60 Å². The number of hydrogen-bond acceptors (Lipinski definition) is 10. The van der Waals surface area contributed by atoms with Crippen LogP contribution in [-0.2, 0) is 20.7 Å². The van der Waals surface area contributed by atoms with Crippen molar-refractivity contribution < 1.29 is 23.8 Å². The summed E-state index contributed by atoms with van der Waals surface area (Å²) in [7, 11) is 9.31. The molecular weight excluding hydrogens is 720 g/mol. The topological polar surface area (TPSA) is 118 Å². The van der Waals surface area contributed by atoms with Crippen molar-refractivity contribution in [3.8, 4) is 16.9 Å². The minimum absolute atomic E-state index is 0.0140. The zero-order chi connectivity index (χ0) is 38.9. The van der Waals surface area contributed by atoms with E-state index in [-0.39, 0.29) is 43.2 Å². The fourth-order valence-electron chi connectivity index (χ4n) is 8.29. The summed E-state index contributed by atoms with van der Waals surface area (Å²) in [6.07, 6.45) is 1.25. The molecule has 3 aromatic heterocycles. The Labute approximate surface area is 326 Å². The maximum Gasteiger partial charge on any atom is 0.410 e. The highest BCUT2D eigenvalue weighted by Gasteiger charge is 2.56. The van der Waals surface area contributed by atoms with Crippen LogP contribution < -0.4 is 9.64 Å². The van der Waals surface area contributed by atoms with Crippen molar-refractivity contribution in [1.82, 2.24) is 34.2 Å². The van der Waals surface area contributed by atoms with Crippen LogP contribution in [-0.4, -0.2) is 126 Å². The molecule has 4 aliphatic rings. The maximum absolute atomic E-state index is 13.5. The number of fused-ring (bicyclic) bond motifs is 5. The smallest absolute Gasteiger partial charge is 0.410 e. The molecule has 3 saturated heterocycles. The first kappa shape index (κ1) is 37.2. The summed E-state index contributed by atoms with van der Waals surface area (Å²) in [5.74, 6) is 2.39. The summed E-state index contributed by atoms with van der Waals surface area (Å²) in [6, 6.07) is 14.3. The van der Waals surface area contributed by atoms with Gasteiger partial charge in [0.25, 0.3) is 0 Å². The third kappa shape index (κ3) is 6.69. The first-order valence-corrected chi connectivity index (χ1v) is 19.3. The third-order valence-electron chi connectivity index (χ3n) is 11.2. The van der Waals surface area contributed by atoms with Crippen LogP contribution in [0.1, 0.15) is 45.5 Å². The number of carbonyl (C=O) groups excluding carboxylic acids is 2. The number of benzene rings is 2. The second-order valence-electron chi connectivity index (χ2n) is 16.5. The van der Waals surface area contributed by atoms with E-state index in [4.69, 9.17) is 40.8 Å². The highest BCUT2D eigenvalue weighted by molar-refractivity contribution is 6.33. The minimum Gasteiger partial charge on any atom is -0.468 e. The van der Waals surface area contributed by atoms with Crippen molar-refractivity contribution >= 4 is 62.3 Å². The summed E-state index contributed by atoms with van der Waals surface area (Å²) in [5, 5.41) is 2.31. The number of aromatic nitrogens is 4. The lowest BCUT2D eigenvalue weighted by atomic mass is 9.79. The zero-order valence-corrected chi connectivity index (χ0v) is 33.6. The zero-order valence-electron chi connectivity index (χ0n) is 32.8. The van der Waals surface area contributed by atoms with Crippen LogP contribution in [0, 0.1) is 5.92 Å². The van der Waals surface area contributed by atoms with Crippen LogP contribution in [0.4, 0.5) is 10.6 Å². The molecule has 55 heavy (non-hydrogen) atoms. The summed E-state index contributed by atoms with van der Waals surface area (Å²) in [4.78, 5) is 50.2. The van der Waals surface area contributed by atoms with E-state index >= 15 is 0 Å². The molecular formula is C41H49ClN8O5. The maximum atomic E-state index is 13.5. The Balaban J connectivity index is 1.34. The van der Waals surface area contributed by atoms with Gasteiger partial charge >= 0.3 is 6.09 Å². The number of likely N-dealkylation sites (N-methyl/N-ethyl adjacent to an activating group) is 1. The van der Waals surface area contributed by atoms with E-state index in [1.165, 1.54) is 0 Å². The average molecular weight is 769 g/mol. The number of anilines is 1. The number of hydrogen-bond donors (Lipinski definition) is 0. The van der Waals surface area contributed by atoms with Crippen LogP contribution in [0.2, 0.25) is 5.15 Å². The number of amides is 2. The molecule has 14 heteroatoms. The lowest BCUT2D eigenvalue weighted by Crippen LogP contribution is -2.57. The van der Waals surface area contributed by atoms with Gasteiger partial charge in [0.2, 0.25) is 5.91 Å². The molecule has 6 heterocycles. The fraction of sp³-hybridized carbons (Fsp3) is 0.488. The van der Waals surface area contributed by atoms with Crippen molar-refractivity contribution in [2.75, 3.05) is 66.6 Å². The Bertz CT molecular complexity index is 2310. The van der Waals surface area contributed by atoms with E-state index in [2.05, 4.69) is 34.5 Å². The Morgan fingerprint density at radius 2 is 1.73 bits per heavy atom. The van der Waals surface area contributed by atoms with Crippen molar-refractivity contribution in [2.24, 2.45) is 5.92 Å². The van der Waals surface area contributed by atoms with Gasteiger partial charge in [0.05, 0.1) is 17.6 Å². The Hall–Kier alpha value is -4.72. The van der Waals surface area contributed by atoms with Gasteiger partial charge in [-0.1, -0.05) is 35.9 Å². The molecule has 3 unspecified atom stereocenters. The second kappa shape index (κ2) is 14.1. The van der Waals surface area contributed by atoms with Crippen LogP contribution >= 0.6 is 11.6 Å². The standard InChI is InChI=1S/C41H49ClN8O5/c1-41(2,3)55-40(52)49-19-24-16-31(49)36(24)50-32(13-14-33(51)47(6)7)44-35-37(50)34-30(43-39(35)48-20-25(21-48)46(4)5)18-29(38(42)45-34)28-17-26(54-22-53-8)15-23-11-9-10-12-27(23)28/h9-12,15,17-18,24-25,31,36H,13-14,16,19-22H2,1-8H3. The minimum atomic E-state index is -0.615. The van der Waals surface area contributed by atoms with Crippen molar-refractivity contribution in [2.45, 2.75) is 63.8 Å². The molecule has 0 N–H and O–H groups in total. The van der Waals surface area contributed by atoms with Gasteiger partial charge in [-0.05, 0) is 75.8 Å². The van der Waals surface area contributed by atoms with E-state index in [1.807, 2.05) is 62.1 Å². The first-order valence-electron chi connectivity index (χ1n) is 18.9. The molecule has 2 aromatic carbocycles. The van der Waals surface area contributed by atoms with E-state index in [1.54, 1.807) is 26.1 Å². The number of methoxy groups -OCH3 is 1. The predicted octanol–water partition coefficient (Wildman–Crippen LogP) is 6.39. The lowest BCUT2D eigenvalue weighted by Gasteiger charge is -2.43. The third-order valence-corrected chi connectivity index (χ3v) is 11.5. The largest absolute Gasteiger partial charge is 0.468 e. The SMILES string of the molecule is COCOc1cc(-c2cc3nc(N4CC(N(C)C)C4)c4nc(CCC(=O)N(C)C)n(C5C6CC5N(C(=O)OC(C)(C)C)C6)c4c3nc2Cl)c2ccccc2c1. The van der Waals surface area contributed by atoms with Gasteiger partial charge in [-0.2, -0.15) is 0 Å². The van der Waals surface area contributed by atoms with E-state index in [9.17, 15) is 9.59 Å². The van der Waals surface area contributed by atoms with E-state index in [0.29, 0.717) is 40.9 Å². The first-order chi connectivity index (χ1) is 26.2. The molecule has 9 rings (SSSR count). The lowest BCUT2D eigenvalue weighted by molar-refractivity contribution is -0.128. The molecule has 2 bridgehead atoms. The molecule has 0 radical (unpaired) electrons. The predicted molar refractivity (Wildman–Crippen MR) is 214 cm³/mol. The molecule has 2 amide bonds. The van der Waals surface area contributed by atoms with Crippen LogP contribution in [0.5, 0.6) is 5.75 Å². The second-order valence-corrected chi connectivity index (χ2v) is 16.8. The molecule has 3 atom stereocenters. The van der Waals surface area contributed by atoms with Gasteiger partial charge in [0, 0.05) is 71.2 Å². The summed E-state index contributed by atoms with van der Waals surface area (Å²) >= 11 is 7.24. The fourth-order valence-corrected chi connectivity index (χ4v) is 8.53. The van der Waals surface area contributed by atoms with Gasteiger partial charge in [0.15, 0.2) is 12.6 Å². The Morgan fingerprint density at radius 3 is 2.44 bits per heavy atom. The quantitative estimate of drug-likeness (QED) is 0.117. The highest BCUT2D eigenvalue weighted by Crippen LogP contribution is 2.52. The Kier molecular flexibility index (Phi) is 9.54. The number of nitrogens with zero attached hydrogens (tertiary/aromatic N) is 8. The molecule has 1 aliphatic carbocycles. The molecule has 1 saturated carbocycles. The van der Waals surface area contributed by atoms with Crippen molar-refractivity contribution in [3.05, 3.63) is 53.4 Å².